The van der Waals surface area contributed by atoms with Gasteiger partial charge in [-0.3, -0.25) is 4.79 Å². The molecule has 0 fully saturated rings. The van der Waals surface area contributed by atoms with Crippen LogP contribution in [-0.2, 0) is 19.1 Å². The molecule has 0 spiro atoms. The number of aromatic nitrogens is 1. The van der Waals surface area contributed by atoms with Crippen molar-refractivity contribution < 1.29 is 23.9 Å². The highest BCUT2D eigenvalue weighted by Gasteiger charge is 2.21. The van der Waals surface area contributed by atoms with Gasteiger partial charge in [0.05, 0.1) is 11.6 Å². The molecule has 0 aliphatic rings. The lowest BCUT2D eigenvalue weighted by atomic mass is 9.97. The summed E-state index contributed by atoms with van der Waals surface area (Å²) in [4.78, 5) is 38.6. The quantitative estimate of drug-likeness (QED) is 0.416. The van der Waals surface area contributed by atoms with E-state index in [4.69, 9.17) is 9.47 Å². The molecular formula is C18H26N2O5. The maximum atomic E-state index is 12.1. The number of amides is 1. The maximum Gasteiger partial charge on any atom is 0.344 e. The van der Waals surface area contributed by atoms with Crippen molar-refractivity contribution in [2.45, 2.75) is 51.6 Å². The van der Waals surface area contributed by atoms with Gasteiger partial charge in [-0.25, -0.2) is 9.78 Å². The molecule has 0 saturated carbocycles. The average Bonchev–Trinajstić information content (AvgIpc) is 2.55. The van der Waals surface area contributed by atoms with E-state index in [-0.39, 0.29) is 18.4 Å². The van der Waals surface area contributed by atoms with Crippen LogP contribution in [-0.4, -0.2) is 42.4 Å². The first-order chi connectivity index (χ1) is 11.8. The summed E-state index contributed by atoms with van der Waals surface area (Å²) in [5.74, 6) is -0.904. The molecule has 1 unspecified atom stereocenters. The van der Waals surface area contributed by atoms with Crippen molar-refractivity contribution in [3.63, 3.8) is 0 Å². The first-order valence-electron chi connectivity index (χ1n) is 8.23. The van der Waals surface area contributed by atoms with Crippen molar-refractivity contribution >= 4 is 18.2 Å². The Hall–Kier alpha value is -2.44. The largest absolute Gasteiger partial charge is 0.466 e. The van der Waals surface area contributed by atoms with Crippen LogP contribution in [0.25, 0.3) is 0 Å². The van der Waals surface area contributed by atoms with Gasteiger partial charge in [0, 0.05) is 19.5 Å². The van der Waals surface area contributed by atoms with E-state index in [9.17, 15) is 14.4 Å². The van der Waals surface area contributed by atoms with Crippen molar-refractivity contribution in [3.05, 3.63) is 23.9 Å². The predicted molar refractivity (Wildman–Crippen MR) is 92.3 cm³/mol. The van der Waals surface area contributed by atoms with Gasteiger partial charge in [-0.15, -0.1) is 0 Å². The number of pyridine rings is 1. The van der Waals surface area contributed by atoms with Gasteiger partial charge in [0.25, 0.3) is 0 Å². The number of esters is 1. The number of aldehydes is 1. The van der Waals surface area contributed by atoms with Crippen molar-refractivity contribution in [3.8, 4) is 5.88 Å². The van der Waals surface area contributed by atoms with Crippen LogP contribution in [0.1, 0.15) is 51.6 Å². The number of carbonyl (C=O) groups is 3. The van der Waals surface area contributed by atoms with Gasteiger partial charge in [0.15, 0.2) is 6.61 Å². The van der Waals surface area contributed by atoms with Crippen LogP contribution in [0.4, 0.5) is 0 Å². The van der Waals surface area contributed by atoms with Gasteiger partial charge in [-0.1, -0.05) is 6.07 Å². The number of hydrogen-bond acceptors (Lipinski definition) is 6. The van der Waals surface area contributed by atoms with E-state index in [1.165, 1.54) is 0 Å². The first kappa shape index (κ1) is 20.6. The van der Waals surface area contributed by atoms with Crippen LogP contribution in [0.15, 0.2) is 18.2 Å². The number of nitrogens with zero attached hydrogens (tertiary/aromatic N) is 1. The van der Waals surface area contributed by atoms with Crippen molar-refractivity contribution in [2.75, 3.05) is 13.7 Å². The van der Waals surface area contributed by atoms with Gasteiger partial charge in [-0.2, -0.15) is 0 Å². The van der Waals surface area contributed by atoms with Crippen molar-refractivity contribution in [2.24, 2.45) is 0 Å². The Morgan fingerprint density at radius 2 is 2.04 bits per heavy atom. The summed E-state index contributed by atoms with van der Waals surface area (Å²) in [5, 5.41) is 2.60. The molecule has 1 N–H and O–H groups in total. The molecule has 0 aromatic carbocycles. The van der Waals surface area contributed by atoms with Crippen LogP contribution in [0, 0.1) is 0 Å². The molecule has 1 atom stereocenters. The van der Waals surface area contributed by atoms with E-state index < -0.39 is 17.5 Å². The predicted octanol–water partition coefficient (Wildman–Crippen LogP) is 2.00. The molecule has 0 saturated heterocycles. The SMILES string of the molecule is CNC(=O)C(CCCC=O)c1cccc(OCC(=O)OC(C)(C)C)n1. The fraction of sp³-hybridized carbons (Fsp3) is 0.556. The summed E-state index contributed by atoms with van der Waals surface area (Å²) < 4.78 is 10.5. The Morgan fingerprint density at radius 3 is 2.64 bits per heavy atom. The molecule has 1 amide bonds. The van der Waals surface area contributed by atoms with Crippen molar-refractivity contribution in [1.82, 2.24) is 10.3 Å². The molecule has 0 aliphatic heterocycles. The fourth-order valence-corrected chi connectivity index (χ4v) is 2.20. The minimum atomic E-state index is -0.585. The molecule has 0 aliphatic carbocycles. The second-order valence-electron chi connectivity index (χ2n) is 6.54. The number of hydrogen-bond donors (Lipinski definition) is 1. The van der Waals surface area contributed by atoms with E-state index >= 15 is 0 Å². The van der Waals surface area contributed by atoms with Crippen molar-refractivity contribution in [1.29, 1.82) is 0 Å². The van der Waals surface area contributed by atoms with Gasteiger partial charge in [-0.05, 0) is 39.7 Å². The summed E-state index contributed by atoms with van der Waals surface area (Å²) in [5.41, 5.74) is -0.0505. The number of ether oxygens (including phenoxy) is 2. The highest BCUT2D eigenvalue weighted by Crippen LogP contribution is 2.22. The lowest BCUT2D eigenvalue weighted by Crippen LogP contribution is -2.28. The third-order valence-corrected chi connectivity index (χ3v) is 3.24. The van der Waals surface area contributed by atoms with Gasteiger partial charge >= 0.3 is 5.97 Å². The van der Waals surface area contributed by atoms with Crippen LogP contribution in [0.2, 0.25) is 0 Å². The molecule has 7 heteroatoms. The van der Waals surface area contributed by atoms with E-state index in [0.717, 1.165) is 6.29 Å². The number of rotatable bonds is 9. The molecule has 0 radical (unpaired) electrons. The van der Waals surface area contributed by atoms with Crippen LogP contribution >= 0.6 is 0 Å². The number of unbranched alkanes of at least 4 members (excludes halogenated alkanes) is 1. The highest BCUT2D eigenvalue weighted by atomic mass is 16.6. The van der Waals surface area contributed by atoms with Gasteiger partial charge in [0.2, 0.25) is 11.8 Å². The Balaban J connectivity index is 2.77. The van der Waals surface area contributed by atoms with E-state index in [1.54, 1.807) is 46.0 Å². The Kier molecular flexibility index (Phi) is 8.04. The number of carbonyl (C=O) groups excluding carboxylic acids is 3. The molecule has 1 rings (SSSR count). The highest BCUT2D eigenvalue weighted by molar-refractivity contribution is 5.82. The second kappa shape index (κ2) is 9.76. The summed E-state index contributed by atoms with van der Waals surface area (Å²) in [7, 11) is 1.55. The first-order valence-corrected chi connectivity index (χ1v) is 8.23. The van der Waals surface area contributed by atoms with Crippen LogP contribution < -0.4 is 10.1 Å². The smallest absolute Gasteiger partial charge is 0.344 e. The molecule has 1 heterocycles. The number of nitrogens with one attached hydrogen (secondary N) is 1. The Bertz CT molecular complexity index is 595. The Morgan fingerprint density at radius 1 is 1.32 bits per heavy atom. The third-order valence-electron chi connectivity index (χ3n) is 3.24. The summed E-state index contributed by atoms with van der Waals surface area (Å²) in [6, 6.07) is 5.05. The fourth-order valence-electron chi connectivity index (χ4n) is 2.20. The third kappa shape index (κ3) is 7.78. The molecule has 7 nitrogen and oxygen atoms in total. The molecular weight excluding hydrogens is 324 g/mol. The summed E-state index contributed by atoms with van der Waals surface area (Å²) in [6.45, 7) is 5.06. The molecule has 0 bridgehead atoms. The molecule has 25 heavy (non-hydrogen) atoms. The van der Waals surface area contributed by atoms with Crippen LogP contribution in [0.3, 0.4) is 0 Å². The number of likely N-dealkylation sites (N-methyl/N-ethyl adjacent to an activating group) is 1. The summed E-state index contributed by atoms with van der Waals surface area (Å²) >= 11 is 0. The Labute approximate surface area is 148 Å². The zero-order valence-electron chi connectivity index (χ0n) is 15.2. The van der Waals surface area contributed by atoms with E-state index in [1.807, 2.05) is 0 Å². The summed E-state index contributed by atoms with van der Waals surface area (Å²) in [6.07, 6.45) is 2.31. The molecule has 1 aromatic rings. The minimum Gasteiger partial charge on any atom is -0.466 e. The average molecular weight is 350 g/mol. The maximum absolute atomic E-state index is 12.1. The van der Waals surface area contributed by atoms with Gasteiger partial charge in [0.1, 0.15) is 11.9 Å². The monoisotopic (exact) mass is 350 g/mol. The second-order valence-corrected chi connectivity index (χ2v) is 6.54. The zero-order valence-corrected chi connectivity index (χ0v) is 15.2. The molecule has 1 aromatic heterocycles. The molecule has 138 valence electrons. The zero-order chi connectivity index (χ0) is 18.9. The topological polar surface area (TPSA) is 94.6 Å². The lowest BCUT2D eigenvalue weighted by Gasteiger charge is -2.19. The standard InChI is InChI=1S/C18H26N2O5/c1-18(2,3)25-16(22)12-24-15-10-7-9-14(20-15)13(17(23)19-4)8-5-6-11-21/h7,9-11,13H,5-6,8,12H2,1-4H3,(H,19,23). The van der Waals surface area contributed by atoms with Gasteiger partial charge < -0.3 is 19.6 Å². The van der Waals surface area contributed by atoms with Crippen LogP contribution in [0.5, 0.6) is 5.88 Å². The van der Waals surface area contributed by atoms with E-state index in [2.05, 4.69) is 10.3 Å². The lowest BCUT2D eigenvalue weighted by molar-refractivity contribution is -0.157. The van der Waals surface area contributed by atoms with E-state index in [0.29, 0.717) is 25.0 Å². The minimum absolute atomic E-state index is 0.178. The normalized spacial score (nSPS) is 12.2.